The van der Waals surface area contributed by atoms with E-state index in [9.17, 15) is 9.59 Å². The molecule has 0 radical (unpaired) electrons. The highest BCUT2D eigenvalue weighted by molar-refractivity contribution is 6.04. The lowest BCUT2D eigenvalue weighted by Gasteiger charge is -2.15. The van der Waals surface area contributed by atoms with Crippen LogP contribution in [-0.4, -0.2) is 11.7 Å². The van der Waals surface area contributed by atoms with Gasteiger partial charge in [0, 0.05) is 11.5 Å². The smallest absolute Gasteiger partial charge is 0.227 e. The van der Waals surface area contributed by atoms with E-state index in [1.165, 1.54) is 19.8 Å². The van der Waals surface area contributed by atoms with Crippen LogP contribution in [0.3, 0.4) is 0 Å². The Morgan fingerprint density at radius 3 is 2.32 bits per heavy atom. The predicted octanol–water partition coefficient (Wildman–Crippen LogP) is 3.80. The van der Waals surface area contributed by atoms with E-state index in [2.05, 4.69) is 5.32 Å². The maximum Gasteiger partial charge on any atom is 0.227 e. The Balaban J connectivity index is 2.07. The highest BCUT2D eigenvalue weighted by Crippen LogP contribution is 2.25. The zero-order valence-corrected chi connectivity index (χ0v) is 11.4. The summed E-state index contributed by atoms with van der Waals surface area (Å²) in [5, 5.41) is 2.93. The molecular weight excluding hydrogens is 238 g/mol. The molecule has 102 valence electrons. The summed E-state index contributed by atoms with van der Waals surface area (Å²) in [4.78, 5) is 23.8. The molecule has 0 spiro atoms. The molecule has 1 amide bonds. The summed E-state index contributed by atoms with van der Waals surface area (Å²) < 4.78 is 0. The number of anilines is 1. The van der Waals surface area contributed by atoms with E-state index in [0.717, 1.165) is 25.7 Å². The Morgan fingerprint density at radius 2 is 1.68 bits per heavy atom. The number of amides is 1. The van der Waals surface area contributed by atoms with Crippen LogP contribution in [0, 0.1) is 5.92 Å². The molecule has 2 rings (SSSR count). The summed E-state index contributed by atoms with van der Waals surface area (Å²) in [7, 11) is 0. The number of para-hydroxylation sites is 1. The first kappa shape index (κ1) is 13.8. The number of hydrogen-bond acceptors (Lipinski definition) is 2. The lowest BCUT2D eigenvalue weighted by Crippen LogP contribution is -2.23. The molecule has 1 fully saturated rings. The summed E-state index contributed by atoms with van der Waals surface area (Å²) in [6.45, 7) is 1.52. The van der Waals surface area contributed by atoms with Crippen molar-refractivity contribution in [1.29, 1.82) is 0 Å². The van der Waals surface area contributed by atoms with E-state index < -0.39 is 0 Å². The normalized spacial score (nSPS) is 16.7. The number of nitrogens with one attached hydrogen (secondary N) is 1. The van der Waals surface area contributed by atoms with Crippen molar-refractivity contribution in [2.75, 3.05) is 5.32 Å². The number of carbonyl (C=O) groups excluding carboxylic acids is 2. The molecule has 3 nitrogen and oxygen atoms in total. The molecule has 1 aromatic carbocycles. The number of benzene rings is 1. The summed E-state index contributed by atoms with van der Waals surface area (Å²) in [6, 6.07) is 7.21. The fourth-order valence-corrected chi connectivity index (χ4v) is 2.68. The molecule has 1 aliphatic carbocycles. The molecule has 1 N–H and O–H groups in total. The molecule has 0 heterocycles. The average molecular weight is 259 g/mol. The Labute approximate surface area is 114 Å². The fourth-order valence-electron chi connectivity index (χ4n) is 2.68. The zero-order chi connectivity index (χ0) is 13.7. The fraction of sp³-hybridized carbons (Fsp3) is 0.500. The Hall–Kier alpha value is -1.64. The summed E-state index contributed by atoms with van der Waals surface area (Å²) in [5.74, 6) is 0.148. The standard InChI is InChI=1S/C16H21NO2/c1-12(18)14-10-6-7-11-15(14)17-16(19)13-8-4-2-3-5-9-13/h6-7,10-11,13H,2-5,8-9H2,1H3,(H,17,19). The maximum absolute atomic E-state index is 12.3. The molecule has 0 atom stereocenters. The molecule has 1 aromatic rings. The van der Waals surface area contributed by atoms with Crippen LogP contribution in [0.15, 0.2) is 24.3 Å². The van der Waals surface area contributed by atoms with Crippen LogP contribution >= 0.6 is 0 Å². The minimum atomic E-state index is -0.0169. The van der Waals surface area contributed by atoms with E-state index >= 15 is 0 Å². The van der Waals surface area contributed by atoms with Crippen molar-refractivity contribution in [1.82, 2.24) is 0 Å². The van der Waals surface area contributed by atoms with Crippen molar-refractivity contribution < 1.29 is 9.59 Å². The van der Waals surface area contributed by atoms with Gasteiger partial charge < -0.3 is 5.32 Å². The highest BCUT2D eigenvalue weighted by Gasteiger charge is 2.21. The predicted molar refractivity (Wildman–Crippen MR) is 76.3 cm³/mol. The molecule has 0 aromatic heterocycles. The number of Topliss-reactive ketones (excluding diaryl/α,β-unsaturated/α-hetero) is 1. The lowest BCUT2D eigenvalue weighted by molar-refractivity contribution is -0.120. The molecule has 1 aliphatic rings. The van der Waals surface area contributed by atoms with Crippen LogP contribution < -0.4 is 5.32 Å². The van der Waals surface area contributed by atoms with Crippen LogP contribution in [0.25, 0.3) is 0 Å². The maximum atomic E-state index is 12.3. The lowest BCUT2D eigenvalue weighted by atomic mass is 9.99. The van der Waals surface area contributed by atoms with Crippen molar-refractivity contribution in [3.8, 4) is 0 Å². The molecule has 0 unspecified atom stereocenters. The van der Waals surface area contributed by atoms with Crippen molar-refractivity contribution in [2.24, 2.45) is 5.92 Å². The zero-order valence-electron chi connectivity index (χ0n) is 11.4. The van der Waals surface area contributed by atoms with Gasteiger partial charge in [-0.15, -0.1) is 0 Å². The number of hydrogen-bond donors (Lipinski definition) is 1. The minimum absolute atomic E-state index is 0.0169. The van der Waals surface area contributed by atoms with Crippen LogP contribution in [0.4, 0.5) is 5.69 Å². The second-order valence-electron chi connectivity index (χ2n) is 5.28. The van der Waals surface area contributed by atoms with Crippen LogP contribution in [0.5, 0.6) is 0 Å². The molecule has 19 heavy (non-hydrogen) atoms. The van der Waals surface area contributed by atoms with Gasteiger partial charge in [-0.25, -0.2) is 0 Å². The summed E-state index contributed by atoms with van der Waals surface area (Å²) >= 11 is 0. The average Bonchev–Trinajstić information content (AvgIpc) is 2.68. The van der Waals surface area contributed by atoms with E-state index in [1.807, 2.05) is 12.1 Å². The third kappa shape index (κ3) is 3.66. The third-order valence-electron chi connectivity index (χ3n) is 3.79. The van der Waals surface area contributed by atoms with E-state index in [-0.39, 0.29) is 17.6 Å². The SMILES string of the molecule is CC(=O)c1ccccc1NC(=O)C1CCCCCC1. The van der Waals surface area contributed by atoms with E-state index in [4.69, 9.17) is 0 Å². The summed E-state index contributed by atoms with van der Waals surface area (Å²) in [6.07, 6.45) is 6.66. The van der Waals surface area contributed by atoms with Crippen molar-refractivity contribution in [2.45, 2.75) is 45.4 Å². The first-order valence-corrected chi connectivity index (χ1v) is 7.09. The van der Waals surface area contributed by atoms with E-state index in [1.54, 1.807) is 12.1 Å². The van der Waals surface area contributed by atoms with Gasteiger partial charge in [0.1, 0.15) is 0 Å². The second kappa shape index (κ2) is 6.50. The van der Waals surface area contributed by atoms with Crippen LogP contribution in [0.2, 0.25) is 0 Å². The van der Waals surface area contributed by atoms with Gasteiger partial charge in [-0.2, -0.15) is 0 Å². The van der Waals surface area contributed by atoms with Crippen molar-refractivity contribution in [3.63, 3.8) is 0 Å². The third-order valence-corrected chi connectivity index (χ3v) is 3.79. The first-order chi connectivity index (χ1) is 9.18. The largest absolute Gasteiger partial charge is 0.325 e. The number of rotatable bonds is 3. The number of ketones is 1. The van der Waals surface area contributed by atoms with Crippen molar-refractivity contribution >= 4 is 17.4 Å². The van der Waals surface area contributed by atoms with Crippen molar-refractivity contribution in [3.05, 3.63) is 29.8 Å². The molecule has 0 bridgehead atoms. The number of carbonyl (C=O) groups is 2. The summed E-state index contributed by atoms with van der Waals surface area (Å²) in [5.41, 5.74) is 1.23. The van der Waals surface area contributed by atoms with Gasteiger partial charge in [0.15, 0.2) is 5.78 Å². The molecule has 0 aliphatic heterocycles. The van der Waals surface area contributed by atoms with Gasteiger partial charge in [-0.1, -0.05) is 37.8 Å². The highest BCUT2D eigenvalue weighted by atomic mass is 16.2. The Morgan fingerprint density at radius 1 is 1.05 bits per heavy atom. The molecule has 3 heteroatoms. The van der Waals surface area contributed by atoms with Gasteiger partial charge in [0.25, 0.3) is 0 Å². The van der Waals surface area contributed by atoms with Gasteiger partial charge >= 0.3 is 0 Å². The van der Waals surface area contributed by atoms with Gasteiger partial charge in [-0.3, -0.25) is 9.59 Å². The van der Waals surface area contributed by atoms with E-state index in [0.29, 0.717) is 11.3 Å². The Kier molecular flexibility index (Phi) is 4.72. The quantitative estimate of drug-likeness (QED) is 0.663. The van der Waals surface area contributed by atoms with Gasteiger partial charge in [0.05, 0.1) is 5.69 Å². The molecule has 1 saturated carbocycles. The molecule has 0 saturated heterocycles. The van der Waals surface area contributed by atoms with Gasteiger partial charge in [-0.05, 0) is 31.9 Å². The Bertz CT molecular complexity index is 460. The van der Waals surface area contributed by atoms with Gasteiger partial charge in [0.2, 0.25) is 5.91 Å². The van der Waals surface area contributed by atoms with Crippen LogP contribution in [0.1, 0.15) is 55.8 Å². The topological polar surface area (TPSA) is 46.2 Å². The monoisotopic (exact) mass is 259 g/mol. The first-order valence-electron chi connectivity index (χ1n) is 7.09. The van der Waals surface area contributed by atoms with Crippen LogP contribution in [-0.2, 0) is 4.79 Å². The molecular formula is C16H21NO2. The second-order valence-corrected chi connectivity index (χ2v) is 5.28. The minimum Gasteiger partial charge on any atom is -0.325 e.